The third-order valence-electron chi connectivity index (χ3n) is 5.04. The van der Waals surface area contributed by atoms with Gasteiger partial charge in [0.25, 0.3) is 0 Å². The van der Waals surface area contributed by atoms with Gasteiger partial charge in [-0.25, -0.2) is 10.3 Å². The molecular formula is C24H41NO2. The first-order chi connectivity index (χ1) is 13.3. The van der Waals surface area contributed by atoms with E-state index in [2.05, 4.69) is 12.4 Å². The average Bonchev–Trinajstić information content (AvgIpc) is 2.70. The van der Waals surface area contributed by atoms with Crippen LogP contribution in [0.3, 0.4) is 0 Å². The van der Waals surface area contributed by atoms with Crippen molar-refractivity contribution < 1.29 is 9.63 Å². The van der Waals surface area contributed by atoms with Crippen molar-refractivity contribution >= 4 is 11.7 Å². The molecular weight excluding hydrogens is 334 g/mol. The number of benzene rings is 1. The highest BCUT2D eigenvalue weighted by atomic mass is 16.7. The van der Waals surface area contributed by atoms with Crippen LogP contribution in [0.25, 0.3) is 0 Å². The molecule has 0 atom stereocenters. The van der Waals surface area contributed by atoms with Crippen LogP contribution in [-0.2, 0) is 9.63 Å². The van der Waals surface area contributed by atoms with E-state index < -0.39 is 0 Å². The van der Waals surface area contributed by atoms with Gasteiger partial charge in [0.1, 0.15) is 0 Å². The molecule has 154 valence electrons. The van der Waals surface area contributed by atoms with Crippen molar-refractivity contribution in [3.05, 3.63) is 30.3 Å². The maximum absolute atomic E-state index is 11.7. The Balaban J connectivity index is 1.77. The van der Waals surface area contributed by atoms with Gasteiger partial charge in [0.15, 0.2) is 0 Å². The van der Waals surface area contributed by atoms with Crippen molar-refractivity contribution in [2.24, 2.45) is 0 Å². The van der Waals surface area contributed by atoms with Gasteiger partial charge in [-0.2, -0.15) is 0 Å². The average molecular weight is 376 g/mol. The lowest BCUT2D eigenvalue weighted by Crippen LogP contribution is -2.09. The largest absolute Gasteiger partial charge is 0.343 e. The Morgan fingerprint density at radius 3 is 1.63 bits per heavy atom. The maximum atomic E-state index is 11.7. The number of nitrogens with one attached hydrogen (secondary N) is 1. The van der Waals surface area contributed by atoms with Crippen LogP contribution in [0.2, 0.25) is 0 Å². The predicted molar refractivity (Wildman–Crippen MR) is 116 cm³/mol. The highest BCUT2D eigenvalue weighted by molar-refractivity contribution is 5.70. The lowest BCUT2D eigenvalue weighted by Gasteiger charge is -2.06. The van der Waals surface area contributed by atoms with Crippen LogP contribution in [0.4, 0.5) is 5.69 Å². The second-order valence-electron chi connectivity index (χ2n) is 7.64. The smallest absolute Gasteiger partial charge is 0.332 e. The fourth-order valence-electron chi connectivity index (χ4n) is 3.31. The normalized spacial score (nSPS) is 10.7. The number of unbranched alkanes of at least 4 members (excludes halogenated alkanes) is 14. The van der Waals surface area contributed by atoms with Crippen LogP contribution in [0.15, 0.2) is 30.3 Å². The lowest BCUT2D eigenvalue weighted by molar-refractivity contribution is -0.140. The zero-order valence-corrected chi connectivity index (χ0v) is 17.5. The van der Waals surface area contributed by atoms with E-state index in [0.717, 1.165) is 18.5 Å². The van der Waals surface area contributed by atoms with Crippen molar-refractivity contribution in [2.45, 2.75) is 110 Å². The fourth-order valence-corrected chi connectivity index (χ4v) is 3.31. The monoisotopic (exact) mass is 375 g/mol. The molecule has 3 nitrogen and oxygen atoms in total. The second kappa shape index (κ2) is 17.9. The van der Waals surface area contributed by atoms with Gasteiger partial charge in [0.2, 0.25) is 0 Å². The Labute approximate surface area is 167 Å². The molecule has 1 N–H and O–H groups in total. The number of rotatable bonds is 18. The van der Waals surface area contributed by atoms with Crippen molar-refractivity contribution in [2.75, 3.05) is 5.48 Å². The zero-order chi connectivity index (χ0) is 19.4. The molecule has 0 saturated heterocycles. The fraction of sp³-hybridized carbons (Fsp3) is 0.708. The van der Waals surface area contributed by atoms with Crippen molar-refractivity contribution in [3.63, 3.8) is 0 Å². The summed E-state index contributed by atoms with van der Waals surface area (Å²) in [5, 5.41) is 0. The van der Waals surface area contributed by atoms with E-state index in [0.29, 0.717) is 6.42 Å². The summed E-state index contributed by atoms with van der Waals surface area (Å²) in [6.45, 7) is 2.28. The highest BCUT2D eigenvalue weighted by Gasteiger charge is 2.03. The Morgan fingerprint density at radius 2 is 1.15 bits per heavy atom. The summed E-state index contributed by atoms with van der Waals surface area (Å²) in [5.41, 5.74) is 3.50. The summed E-state index contributed by atoms with van der Waals surface area (Å²) in [5.74, 6) is -0.173. The number of carbonyl (C=O) groups excluding carboxylic acids is 1. The minimum atomic E-state index is -0.173. The Kier molecular flexibility index (Phi) is 15.6. The number of hydrogen-bond acceptors (Lipinski definition) is 3. The van der Waals surface area contributed by atoms with Gasteiger partial charge in [-0.1, -0.05) is 115 Å². The van der Waals surface area contributed by atoms with E-state index in [-0.39, 0.29) is 5.97 Å². The maximum Gasteiger partial charge on any atom is 0.332 e. The Hall–Kier alpha value is -1.51. The van der Waals surface area contributed by atoms with Gasteiger partial charge < -0.3 is 4.84 Å². The van der Waals surface area contributed by atoms with Gasteiger partial charge >= 0.3 is 5.97 Å². The topological polar surface area (TPSA) is 38.3 Å². The van der Waals surface area contributed by atoms with Crippen LogP contribution < -0.4 is 5.48 Å². The molecule has 0 spiro atoms. The molecule has 1 aromatic carbocycles. The lowest BCUT2D eigenvalue weighted by atomic mass is 10.0. The van der Waals surface area contributed by atoms with E-state index in [1.807, 2.05) is 30.3 Å². The van der Waals surface area contributed by atoms with Gasteiger partial charge in [0, 0.05) is 6.42 Å². The summed E-state index contributed by atoms with van der Waals surface area (Å²) >= 11 is 0. The molecule has 0 fully saturated rings. The third-order valence-corrected chi connectivity index (χ3v) is 5.04. The number of anilines is 1. The molecule has 0 amide bonds. The molecule has 1 aromatic rings. The Bertz CT molecular complexity index is 447. The summed E-state index contributed by atoms with van der Waals surface area (Å²) < 4.78 is 0. The second-order valence-corrected chi connectivity index (χ2v) is 7.64. The van der Waals surface area contributed by atoms with Crippen LogP contribution >= 0.6 is 0 Å². The molecule has 27 heavy (non-hydrogen) atoms. The van der Waals surface area contributed by atoms with E-state index in [9.17, 15) is 4.79 Å². The highest BCUT2D eigenvalue weighted by Crippen LogP contribution is 2.14. The summed E-state index contributed by atoms with van der Waals surface area (Å²) in [7, 11) is 0. The van der Waals surface area contributed by atoms with Gasteiger partial charge in [-0.05, 0) is 18.6 Å². The molecule has 0 aromatic heterocycles. The molecule has 1 rings (SSSR count). The molecule has 3 heteroatoms. The summed E-state index contributed by atoms with van der Waals surface area (Å²) in [6, 6.07) is 9.50. The number of hydrogen-bond donors (Lipinski definition) is 1. The number of carbonyl (C=O) groups is 1. The van der Waals surface area contributed by atoms with Gasteiger partial charge in [-0.15, -0.1) is 0 Å². The van der Waals surface area contributed by atoms with Gasteiger partial charge in [0.05, 0.1) is 5.69 Å². The van der Waals surface area contributed by atoms with Crippen LogP contribution in [-0.4, -0.2) is 5.97 Å². The quantitative estimate of drug-likeness (QED) is 0.210. The first-order valence-corrected chi connectivity index (χ1v) is 11.3. The van der Waals surface area contributed by atoms with Crippen LogP contribution in [0, 0.1) is 0 Å². The minimum absolute atomic E-state index is 0.173. The summed E-state index contributed by atoms with van der Waals surface area (Å²) in [6.07, 6.45) is 20.5. The molecule has 0 saturated carbocycles. The minimum Gasteiger partial charge on any atom is -0.343 e. The first kappa shape index (κ1) is 23.5. The SMILES string of the molecule is CCCCCCCCCCCCCCCCCC(=O)ONc1ccccc1. The molecule has 0 heterocycles. The van der Waals surface area contributed by atoms with Gasteiger partial charge in [-0.3, -0.25) is 0 Å². The molecule has 0 aliphatic heterocycles. The number of para-hydroxylation sites is 1. The molecule has 0 unspecified atom stereocenters. The molecule has 0 aliphatic rings. The first-order valence-electron chi connectivity index (χ1n) is 11.3. The van der Waals surface area contributed by atoms with E-state index in [1.54, 1.807) is 0 Å². The molecule has 0 aliphatic carbocycles. The zero-order valence-electron chi connectivity index (χ0n) is 17.5. The van der Waals surface area contributed by atoms with E-state index in [1.165, 1.54) is 83.5 Å². The van der Waals surface area contributed by atoms with E-state index >= 15 is 0 Å². The van der Waals surface area contributed by atoms with Crippen LogP contribution in [0.1, 0.15) is 110 Å². The Morgan fingerprint density at radius 1 is 0.704 bits per heavy atom. The van der Waals surface area contributed by atoms with Crippen molar-refractivity contribution in [1.29, 1.82) is 0 Å². The molecule has 0 bridgehead atoms. The van der Waals surface area contributed by atoms with E-state index in [4.69, 9.17) is 4.84 Å². The predicted octanol–water partition coefficient (Wildman–Crippen LogP) is 7.82. The van der Waals surface area contributed by atoms with Crippen molar-refractivity contribution in [3.8, 4) is 0 Å². The van der Waals surface area contributed by atoms with Crippen molar-refractivity contribution in [1.82, 2.24) is 0 Å². The summed E-state index contributed by atoms with van der Waals surface area (Å²) in [4.78, 5) is 16.7. The third kappa shape index (κ3) is 15.3. The van der Waals surface area contributed by atoms with Crippen LogP contribution in [0.5, 0.6) is 0 Å². The molecule has 0 radical (unpaired) electrons. The standard InChI is InChI=1S/C24H41NO2/c1-2-3-4-5-6-7-8-9-10-11-12-13-14-15-19-22-24(26)27-25-23-20-17-16-18-21-23/h16-18,20-21,25H,2-15,19,22H2,1H3.